The Hall–Kier alpha value is -3.47. The molecular weight excluding hydrogens is 441 g/mol. The molecule has 32 heavy (non-hydrogen) atoms. The Bertz CT molecular complexity index is 1260. The number of pyridine rings is 1. The number of piperazine rings is 1. The zero-order chi connectivity index (χ0) is 22.3. The van der Waals surface area contributed by atoms with Gasteiger partial charge in [-0.15, -0.1) is 9.78 Å². The maximum absolute atomic E-state index is 13.1. The van der Waals surface area contributed by atoms with Crippen LogP contribution in [-0.2, 0) is 6.18 Å². The highest BCUT2D eigenvalue weighted by atomic mass is 32.1. The Morgan fingerprint density at radius 1 is 1.03 bits per heavy atom. The van der Waals surface area contributed by atoms with Crippen LogP contribution < -0.4 is 4.90 Å². The maximum atomic E-state index is 13.1. The predicted molar refractivity (Wildman–Crippen MR) is 115 cm³/mol. The van der Waals surface area contributed by atoms with Crippen molar-refractivity contribution in [3.63, 3.8) is 0 Å². The summed E-state index contributed by atoms with van der Waals surface area (Å²) in [5, 5.41) is 11.9. The van der Waals surface area contributed by atoms with Crippen molar-refractivity contribution in [2.24, 2.45) is 0 Å². The first-order valence-corrected chi connectivity index (χ1v) is 10.8. The average molecular weight is 458 g/mol. The lowest BCUT2D eigenvalue weighted by Crippen LogP contribution is -2.50. The molecule has 1 aromatic carbocycles. The number of carbonyl (C=O) groups excluding carboxylic acids is 1. The normalized spacial score (nSPS) is 14.8. The summed E-state index contributed by atoms with van der Waals surface area (Å²) in [4.78, 5) is 21.1. The van der Waals surface area contributed by atoms with E-state index in [2.05, 4.69) is 15.3 Å². The van der Waals surface area contributed by atoms with E-state index in [0.29, 0.717) is 43.0 Å². The van der Waals surface area contributed by atoms with E-state index in [4.69, 9.17) is 0 Å². The minimum absolute atomic E-state index is 0.348. The molecule has 0 atom stereocenters. The van der Waals surface area contributed by atoms with Crippen LogP contribution in [0.5, 0.6) is 0 Å². The maximum Gasteiger partial charge on any atom is 0.416 e. The quantitative estimate of drug-likeness (QED) is 0.447. The van der Waals surface area contributed by atoms with Crippen LogP contribution >= 0.6 is 11.3 Å². The van der Waals surface area contributed by atoms with Crippen molar-refractivity contribution in [1.82, 2.24) is 24.9 Å². The van der Waals surface area contributed by atoms with Crippen molar-refractivity contribution in [3.8, 4) is 11.3 Å². The lowest BCUT2D eigenvalue weighted by Gasteiger charge is -2.35. The molecule has 0 N–H and O–H groups in total. The summed E-state index contributed by atoms with van der Waals surface area (Å²) >= 11 is 1.56. The third-order valence-corrected chi connectivity index (χ3v) is 6.07. The Morgan fingerprint density at radius 3 is 2.56 bits per heavy atom. The minimum atomic E-state index is -4.39. The van der Waals surface area contributed by atoms with Gasteiger partial charge in [0.25, 0.3) is 0 Å². The van der Waals surface area contributed by atoms with Gasteiger partial charge in [-0.1, -0.05) is 11.3 Å². The minimum Gasteiger partial charge on any atom is -0.368 e. The third kappa shape index (κ3) is 3.79. The number of aromatic nitrogens is 4. The molecule has 164 valence electrons. The molecular formula is C21H17F3N6OS. The summed E-state index contributed by atoms with van der Waals surface area (Å²) in [6.45, 7) is 1.52. The van der Waals surface area contributed by atoms with E-state index >= 15 is 0 Å². The number of fused-ring (bicyclic) bond motifs is 1. The zero-order valence-corrected chi connectivity index (χ0v) is 17.5. The Kier molecular flexibility index (Phi) is 5.04. The van der Waals surface area contributed by atoms with Crippen molar-refractivity contribution in [3.05, 3.63) is 58.8 Å². The van der Waals surface area contributed by atoms with E-state index < -0.39 is 11.7 Å². The zero-order valence-electron chi connectivity index (χ0n) is 16.7. The molecule has 1 aliphatic rings. The second-order valence-electron chi connectivity index (χ2n) is 7.36. The van der Waals surface area contributed by atoms with Crippen molar-refractivity contribution >= 4 is 34.2 Å². The Labute approximate surface area is 184 Å². The summed E-state index contributed by atoms with van der Waals surface area (Å²) in [5.74, 6) is 0. The van der Waals surface area contributed by atoms with Gasteiger partial charge < -0.3 is 9.80 Å². The first-order chi connectivity index (χ1) is 15.4. The smallest absolute Gasteiger partial charge is 0.368 e. The van der Waals surface area contributed by atoms with Gasteiger partial charge in [0.1, 0.15) is 5.52 Å². The number of carbonyl (C=O) groups is 1. The van der Waals surface area contributed by atoms with Gasteiger partial charge in [-0.05, 0) is 41.8 Å². The Morgan fingerprint density at radius 2 is 1.84 bits per heavy atom. The number of rotatable bonds is 2. The van der Waals surface area contributed by atoms with Gasteiger partial charge >= 0.3 is 12.2 Å². The fraction of sp³-hybridized carbons (Fsp3) is 0.238. The van der Waals surface area contributed by atoms with Crippen LogP contribution in [0.2, 0.25) is 0 Å². The molecule has 4 aromatic rings. The van der Waals surface area contributed by atoms with Crippen molar-refractivity contribution in [2.75, 3.05) is 31.1 Å². The standard InChI is InChI=1S/C21H17F3N6OS/c22-21(23,24)15-2-1-3-16(12-15)28-7-9-29(10-8-28)20(31)30-19-18(26-27-30)5-4-17(25-19)14-6-11-32-13-14/h1-6,11-13H,7-10H2. The van der Waals surface area contributed by atoms with E-state index in [0.717, 1.165) is 23.4 Å². The predicted octanol–water partition coefficient (Wildman–Crippen LogP) is 4.36. The summed E-state index contributed by atoms with van der Waals surface area (Å²) < 4.78 is 40.2. The monoisotopic (exact) mass is 458 g/mol. The van der Waals surface area contributed by atoms with Gasteiger partial charge in [0.15, 0.2) is 5.65 Å². The van der Waals surface area contributed by atoms with Crippen LogP contribution in [-0.4, -0.2) is 57.1 Å². The number of amides is 1. The van der Waals surface area contributed by atoms with Crippen LogP contribution in [0.25, 0.3) is 22.4 Å². The Balaban J connectivity index is 1.33. The van der Waals surface area contributed by atoms with Crippen molar-refractivity contribution in [2.45, 2.75) is 6.18 Å². The highest BCUT2D eigenvalue weighted by Crippen LogP contribution is 2.32. The van der Waals surface area contributed by atoms with Crippen LogP contribution in [0.15, 0.2) is 53.2 Å². The number of hydrogen-bond acceptors (Lipinski definition) is 6. The SMILES string of the molecule is O=C(N1CCN(c2cccc(C(F)(F)F)c2)CC1)n1nnc2ccc(-c3ccsc3)nc21. The molecule has 0 bridgehead atoms. The van der Waals surface area contributed by atoms with Gasteiger partial charge in [0, 0.05) is 42.8 Å². The fourth-order valence-electron chi connectivity index (χ4n) is 3.68. The van der Waals surface area contributed by atoms with E-state index in [1.165, 1.54) is 10.7 Å². The lowest BCUT2D eigenvalue weighted by atomic mass is 10.1. The number of halogens is 3. The third-order valence-electron chi connectivity index (χ3n) is 5.38. The van der Waals surface area contributed by atoms with Crippen LogP contribution in [0.4, 0.5) is 23.7 Å². The second-order valence-corrected chi connectivity index (χ2v) is 8.14. The van der Waals surface area contributed by atoms with E-state index in [1.807, 2.05) is 27.8 Å². The fourth-order valence-corrected chi connectivity index (χ4v) is 4.33. The molecule has 3 aromatic heterocycles. The number of benzene rings is 1. The summed E-state index contributed by atoms with van der Waals surface area (Å²) in [6.07, 6.45) is -4.39. The molecule has 1 aliphatic heterocycles. The van der Waals surface area contributed by atoms with Gasteiger partial charge in [0.05, 0.1) is 11.3 Å². The van der Waals surface area contributed by atoms with Crippen molar-refractivity contribution < 1.29 is 18.0 Å². The first-order valence-electron chi connectivity index (χ1n) is 9.87. The van der Waals surface area contributed by atoms with Crippen LogP contribution in [0.1, 0.15) is 5.56 Å². The molecule has 0 spiro atoms. The molecule has 7 nitrogen and oxygen atoms in total. The van der Waals surface area contributed by atoms with Gasteiger partial charge in [0.2, 0.25) is 0 Å². The molecule has 1 saturated heterocycles. The first kappa shape index (κ1) is 20.4. The van der Waals surface area contributed by atoms with Gasteiger partial charge in [-0.3, -0.25) is 0 Å². The molecule has 0 radical (unpaired) electrons. The number of anilines is 1. The molecule has 1 fully saturated rings. The number of thiophene rings is 1. The number of alkyl halides is 3. The summed E-state index contributed by atoms with van der Waals surface area (Å²) in [5.41, 5.74) is 2.37. The molecule has 11 heteroatoms. The molecule has 5 rings (SSSR count). The molecule has 0 saturated carbocycles. The average Bonchev–Trinajstić information content (AvgIpc) is 3.48. The lowest BCUT2D eigenvalue weighted by molar-refractivity contribution is -0.137. The van der Waals surface area contributed by atoms with Crippen molar-refractivity contribution in [1.29, 1.82) is 0 Å². The molecule has 0 aliphatic carbocycles. The molecule has 1 amide bonds. The summed E-state index contributed by atoms with van der Waals surface area (Å²) in [7, 11) is 0. The largest absolute Gasteiger partial charge is 0.416 e. The summed E-state index contributed by atoms with van der Waals surface area (Å²) in [6, 6.07) is 10.4. The van der Waals surface area contributed by atoms with E-state index in [1.54, 1.807) is 28.4 Å². The van der Waals surface area contributed by atoms with Gasteiger partial charge in [-0.2, -0.15) is 24.5 Å². The van der Waals surface area contributed by atoms with E-state index in [-0.39, 0.29) is 6.03 Å². The molecule has 4 heterocycles. The van der Waals surface area contributed by atoms with Gasteiger partial charge in [-0.25, -0.2) is 9.78 Å². The topological polar surface area (TPSA) is 67.2 Å². The second kappa shape index (κ2) is 7.90. The molecule has 0 unspecified atom stereocenters. The number of nitrogens with zero attached hydrogens (tertiary/aromatic N) is 6. The number of hydrogen-bond donors (Lipinski definition) is 0. The van der Waals surface area contributed by atoms with Crippen LogP contribution in [0, 0.1) is 0 Å². The highest BCUT2D eigenvalue weighted by Gasteiger charge is 2.31. The highest BCUT2D eigenvalue weighted by molar-refractivity contribution is 7.08. The van der Waals surface area contributed by atoms with E-state index in [9.17, 15) is 18.0 Å². The van der Waals surface area contributed by atoms with Crippen LogP contribution in [0.3, 0.4) is 0 Å².